The molecule has 0 unspecified atom stereocenters. The molecule has 1 aromatic rings. The number of nitrogens with one attached hydrogen (secondary N) is 1. The van der Waals surface area contributed by atoms with Gasteiger partial charge in [0.1, 0.15) is 12.3 Å². The van der Waals surface area contributed by atoms with Crippen LogP contribution < -0.4 is 5.32 Å². The van der Waals surface area contributed by atoms with Crippen LogP contribution in [-0.4, -0.2) is 33.4 Å². The van der Waals surface area contributed by atoms with Gasteiger partial charge in [-0.2, -0.15) is 4.99 Å². The summed E-state index contributed by atoms with van der Waals surface area (Å²) in [5.74, 6) is -0.739. The first-order valence-electron chi connectivity index (χ1n) is 7.80. The highest BCUT2D eigenvalue weighted by molar-refractivity contribution is 7.13. The Bertz CT molecular complexity index is 842. The van der Waals surface area contributed by atoms with Crippen molar-refractivity contribution in [2.45, 2.75) is 39.0 Å². The minimum absolute atomic E-state index is 0.0736. The Morgan fingerprint density at radius 2 is 2.12 bits per heavy atom. The maximum absolute atomic E-state index is 12.2. The molecular weight excluding hydrogens is 340 g/mol. The third-order valence-corrected chi connectivity index (χ3v) is 4.45. The molecule has 3 amide bonds. The van der Waals surface area contributed by atoms with Crippen molar-refractivity contribution in [1.82, 2.24) is 9.88 Å². The summed E-state index contributed by atoms with van der Waals surface area (Å²) in [5.41, 5.74) is 1.52. The topological polar surface area (TPSA) is 91.7 Å². The molecule has 1 N–H and O–H groups in total. The summed E-state index contributed by atoms with van der Waals surface area (Å²) in [6, 6.07) is 0. The molecule has 8 heteroatoms. The molecule has 0 aliphatic carbocycles. The average Bonchev–Trinajstić information content (AvgIpc) is 2.95. The number of amidine groups is 1. The smallest absolute Gasteiger partial charge is 0.257 e. The highest BCUT2D eigenvalue weighted by atomic mass is 32.1. The van der Waals surface area contributed by atoms with Gasteiger partial charge >= 0.3 is 0 Å². The Kier molecular flexibility index (Phi) is 4.38. The fraction of sp³-hybridized carbons (Fsp3) is 0.353. The summed E-state index contributed by atoms with van der Waals surface area (Å²) in [6.07, 6.45) is 4.68. The maximum Gasteiger partial charge on any atom is 0.257 e. The molecule has 0 bridgehead atoms. The summed E-state index contributed by atoms with van der Waals surface area (Å²) in [4.78, 5) is 45.0. The number of anilines is 1. The van der Waals surface area contributed by atoms with Crippen LogP contribution in [0.5, 0.6) is 0 Å². The van der Waals surface area contributed by atoms with Gasteiger partial charge in [-0.15, -0.1) is 11.3 Å². The zero-order valence-corrected chi connectivity index (χ0v) is 15.0. The number of hydrogen-bond acceptors (Lipinski definition) is 5. The second kappa shape index (κ2) is 6.36. The lowest BCUT2D eigenvalue weighted by Crippen LogP contribution is -2.38. The normalized spacial score (nSPS) is 17.2. The number of allylic oxidation sites excluding steroid dienone is 1. The zero-order chi connectivity index (χ0) is 18.2. The third kappa shape index (κ3) is 3.90. The number of hydrogen-bond donors (Lipinski definition) is 1. The number of nitrogens with zero attached hydrogens (tertiary/aromatic N) is 3. The average molecular weight is 358 g/mol. The molecule has 0 saturated carbocycles. The minimum Gasteiger partial charge on any atom is -0.302 e. The van der Waals surface area contributed by atoms with Crippen LogP contribution in [0.3, 0.4) is 0 Å². The summed E-state index contributed by atoms with van der Waals surface area (Å²) >= 11 is 1.38. The highest BCUT2D eigenvalue weighted by Gasteiger charge is 2.27. The molecule has 25 heavy (non-hydrogen) atoms. The molecule has 0 fully saturated rings. The first-order valence-corrected chi connectivity index (χ1v) is 8.68. The molecule has 130 valence electrons. The predicted octanol–water partition coefficient (Wildman–Crippen LogP) is 2.38. The second-order valence-corrected chi connectivity index (χ2v) is 7.71. The quantitative estimate of drug-likeness (QED) is 0.840. The zero-order valence-electron chi connectivity index (χ0n) is 14.2. The van der Waals surface area contributed by atoms with E-state index in [2.05, 4.69) is 36.1 Å². The van der Waals surface area contributed by atoms with Crippen LogP contribution in [0.2, 0.25) is 0 Å². The molecule has 7 nitrogen and oxygen atoms in total. The van der Waals surface area contributed by atoms with Gasteiger partial charge in [0.15, 0.2) is 5.13 Å². The minimum atomic E-state index is -0.468. The largest absolute Gasteiger partial charge is 0.302 e. The van der Waals surface area contributed by atoms with E-state index in [9.17, 15) is 14.4 Å². The Labute approximate surface area is 149 Å². The van der Waals surface area contributed by atoms with E-state index in [1.807, 2.05) is 5.38 Å². The van der Waals surface area contributed by atoms with E-state index in [4.69, 9.17) is 0 Å². The van der Waals surface area contributed by atoms with Crippen molar-refractivity contribution >= 4 is 40.0 Å². The van der Waals surface area contributed by atoms with Crippen molar-refractivity contribution in [1.29, 1.82) is 0 Å². The monoisotopic (exact) mass is 358 g/mol. The summed E-state index contributed by atoms with van der Waals surface area (Å²) in [5, 5.41) is 5.26. The highest BCUT2D eigenvalue weighted by Crippen LogP contribution is 2.26. The van der Waals surface area contributed by atoms with E-state index >= 15 is 0 Å². The lowest BCUT2D eigenvalue weighted by Gasteiger charge is -2.24. The van der Waals surface area contributed by atoms with E-state index in [0.717, 1.165) is 5.69 Å². The van der Waals surface area contributed by atoms with Gasteiger partial charge in [-0.25, -0.2) is 4.98 Å². The van der Waals surface area contributed by atoms with Crippen molar-refractivity contribution in [2.75, 3.05) is 5.32 Å². The fourth-order valence-electron chi connectivity index (χ4n) is 2.34. The molecule has 0 radical (unpaired) electrons. The Hall–Kier alpha value is -2.61. The second-order valence-electron chi connectivity index (χ2n) is 6.85. The maximum atomic E-state index is 12.2. The predicted molar refractivity (Wildman–Crippen MR) is 95.2 cm³/mol. The lowest BCUT2D eigenvalue weighted by molar-refractivity contribution is -0.131. The summed E-state index contributed by atoms with van der Waals surface area (Å²) < 4.78 is 0. The van der Waals surface area contributed by atoms with Gasteiger partial charge in [0.25, 0.3) is 5.91 Å². The molecule has 0 atom stereocenters. The van der Waals surface area contributed by atoms with Gasteiger partial charge < -0.3 is 5.32 Å². The van der Waals surface area contributed by atoms with Crippen molar-refractivity contribution < 1.29 is 14.4 Å². The summed E-state index contributed by atoms with van der Waals surface area (Å²) in [6.45, 7) is 6.18. The van der Waals surface area contributed by atoms with Crippen molar-refractivity contribution in [3.05, 3.63) is 35.0 Å². The molecule has 3 rings (SSSR count). The van der Waals surface area contributed by atoms with Crippen LogP contribution in [0.1, 0.15) is 39.3 Å². The standard InChI is InChI=1S/C17H18N4O3S/c1-17(2,3)11-9-25-16(18-11)20-13(22)7-10-4-5-21-12(6-10)19-14(23)8-15(21)24/h4-6,9H,7-8H2,1-3H3,(H,18,20,22). The Morgan fingerprint density at radius 3 is 2.80 bits per heavy atom. The number of carbonyl (C=O) groups excluding carboxylic acids is 3. The van der Waals surface area contributed by atoms with Crippen LogP contribution in [0.4, 0.5) is 5.13 Å². The molecule has 2 aliphatic heterocycles. The Morgan fingerprint density at radius 1 is 1.36 bits per heavy atom. The number of aromatic nitrogens is 1. The first-order chi connectivity index (χ1) is 11.7. The van der Waals surface area contributed by atoms with E-state index in [0.29, 0.717) is 10.7 Å². The number of thiazole rings is 1. The van der Waals surface area contributed by atoms with Gasteiger partial charge in [0, 0.05) is 17.0 Å². The van der Waals surface area contributed by atoms with Crippen molar-refractivity contribution in [3.8, 4) is 0 Å². The van der Waals surface area contributed by atoms with E-state index in [-0.39, 0.29) is 35.9 Å². The van der Waals surface area contributed by atoms with Crippen LogP contribution in [0.15, 0.2) is 34.3 Å². The van der Waals surface area contributed by atoms with Gasteiger partial charge in [0.2, 0.25) is 11.8 Å². The number of aliphatic imine (C=N–C) groups is 1. The van der Waals surface area contributed by atoms with E-state index < -0.39 is 5.91 Å². The lowest BCUT2D eigenvalue weighted by atomic mass is 9.93. The molecule has 0 aromatic carbocycles. The van der Waals surface area contributed by atoms with Crippen LogP contribution in [0.25, 0.3) is 0 Å². The number of rotatable bonds is 3. The molecule has 2 aliphatic rings. The van der Waals surface area contributed by atoms with Gasteiger partial charge in [-0.05, 0) is 17.7 Å². The van der Waals surface area contributed by atoms with E-state index in [1.54, 1.807) is 12.2 Å². The van der Waals surface area contributed by atoms with Crippen LogP contribution in [0, 0.1) is 0 Å². The van der Waals surface area contributed by atoms with Crippen molar-refractivity contribution in [3.63, 3.8) is 0 Å². The molecule has 3 heterocycles. The van der Waals surface area contributed by atoms with Gasteiger partial charge in [0.05, 0.1) is 12.1 Å². The van der Waals surface area contributed by atoms with E-state index in [1.165, 1.54) is 22.4 Å². The molecule has 0 spiro atoms. The van der Waals surface area contributed by atoms with Crippen LogP contribution >= 0.6 is 11.3 Å². The first kappa shape index (κ1) is 17.2. The number of carbonyl (C=O) groups is 3. The SMILES string of the molecule is CC(C)(C)c1csc(NC(=O)CC2=CC3=NC(=O)CC(=O)N3C=C2)n1. The fourth-order valence-corrected chi connectivity index (χ4v) is 3.30. The third-order valence-electron chi connectivity index (χ3n) is 3.69. The number of fused-ring (bicyclic) bond motifs is 1. The van der Waals surface area contributed by atoms with Crippen molar-refractivity contribution in [2.24, 2.45) is 4.99 Å². The molecular formula is C17H18N4O3S. The Balaban J connectivity index is 1.67. The summed E-state index contributed by atoms with van der Waals surface area (Å²) in [7, 11) is 0. The molecule has 1 aromatic heterocycles. The van der Waals surface area contributed by atoms with Gasteiger partial charge in [-0.1, -0.05) is 20.8 Å². The molecule has 0 saturated heterocycles. The van der Waals surface area contributed by atoms with Gasteiger partial charge in [-0.3, -0.25) is 19.3 Å². The number of amides is 3. The van der Waals surface area contributed by atoms with Crippen LogP contribution in [-0.2, 0) is 19.8 Å².